The molecular formula is C24H21F3N2O3S. The van der Waals surface area contributed by atoms with Gasteiger partial charge in [0.1, 0.15) is 6.04 Å². The van der Waals surface area contributed by atoms with Gasteiger partial charge in [-0.15, -0.1) is 0 Å². The SMILES string of the molecule is Cc1ccc(S(=O)(=O)N2Cc3ccccc3C[C@@H]2C(=O)Nc2cccc(C(F)(F)F)c2)cc1. The Bertz CT molecular complexity index is 1290. The molecule has 1 amide bonds. The lowest BCUT2D eigenvalue weighted by molar-refractivity contribution is -0.137. The summed E-state index contributed by atoms with van der Waals surface area (Å²) in [5.41, 5.74) is 1.52. The number of anilines is 1. The highest BCUT2D eigenvalue weighted by atomic mass is 32.2. The fourth-order valence-corrected chi connectivity index (χ4v) is 5.38. The number of nitrogens with zero attached hydrogens (tertiary/aromatic N) is 1. The van der Waals surface area contributed by atoms with E-state index in [-0.39, 0.29) is 23.5 Å². The van der Waals surface area contributed by atoms with Crippen LogP contribution in [0.1, 0.15) is 22.3 Å². The van der Waals surface area contributed by atoms with Gasteiger partial charge in [-0.05, 0) is 54.8 Å². The topological polar surface area (TPSA) is 66.5 Å². The second-order valence-corrected chi connectivity index (χ2v) is 9.81. The molecule has 0 unspecified atom stereocenters. The monoisotopic (exact) mass is 474 g/mol. The third kappa shape index (κ3) is 4.79. The molecule has 0 radical (unpaired) electrons. The smallest absolute Gasteiger partial charge is 0.325 e. The van der Waals surface area contributed by atoms with Gasteiger partial charge in [0.25, 0.3) is 0 Å². The van der Waals surface area contributed by atoms with E-state index in [0.29, 0.717) is 0 Å². The standard InChI is InChI=1S/C24H21F3N2O3S/c1-16-9-11-21(12-10-16)33(31,32)29-15-18-6-3-2-5-17(18)13-22(29)23(30)28-20-8-4-7-19(14-20)24(25,26)27/h2-12,14,22H,13,15H2,1H3,(H,28,30)/t22-/m1/s1. The van der Waals surface area contributed by atoms with Gasteiger partial charge in [-0.3, -0.25) is 4.79 Å². The number of hydrogen-bond donors (Lipinski definition) is 1. The lowest BCUT2D eigenvalue weighted by Gasteiger charge is -2.35. The minimum atomic E-state index is -4.56. The number of halogens is 3. The van der Waals surface area contributed by atoms with Crippen LogP contribution in [0.3, 0.4) is 0 Å². The van der Waals surface area contributed by atoms with Crippen LogP contribution in [0.25, 0.3) is 0 Å². The van der Waals surface area contributed by atoms with Crippen molar-refractivity contribution in [1.29, 1.82) is 0 Å². The number of fused-ring (bicyclic) bond motifs is 1. The molecule has 3 aromatic carbocycles. The number of alkyl halides is 3. The van der Waals surface area contributed by atoms with Crippen molar-refractivity contribution in [2.75, 3.05) is 5.32 Å². The van der Waals surface area contributed by atoms with Gasteiger partial charge in [0.15, 0.2) is 0 Å². The third-order valence-corrected chi connectivity index (χ3v) is 7.46. The van der Waals surface area contributed by atoms with Crippen LogP contribution < -0.4 is 5.32 Å². The summed E-state index contributed by atoms with van der Waals surface area (Å²) in [5.74, 6) is -0.695. The lowest BCUT2D eigenvalue weighted by Crippen LogP contribution is -2.50. The first-order chi connectivity index (χ1) is 15.6. The zero-order valence-corrected chi connectivity index (χ0v) is 18.5. The minimum Gasteiger partial charge on any atom is -0.325 e. The summed E-state index contributed by atoms with van der Waals surface area (Å²) in [6.45, 7) is 1.81. The highest BCUT2D eigenvalue weighted by molar-refractivity contribution is 7.89. The molecule has 5 nitrogen and oxygen atoms in total. The summed E-state index contributed by atoms with van der Waals surface area (Å²) in [6, 6.07) is 16.6. The second kappa shape index (κ2) is 8.64. The van der Waals surface area contributed by atoms with Crippen molar-refractivity contribution < 1.29 is 26.4 Å². The molecule has 0 bridgehead atoms. The van der Waals surface area contributed by atoms with Gasteiger partial charge < -0.3 is 5.32 Å². The molecule has 1 heterocycles. The molecule has 0 saturated carbocycles. The largest absolute Gasteiger partial charge is 0.416 e. The Kier molecular flexibility index (Phi) is 6.02. The first kappa shape index (κ1) is 23.0. The minimum absolute atomic E-state index is 0.0208. The normalized spacial score (nSPS) is 16.8. The fraction of sp³-hybridized carbons (Fsp3) is 0.208. The zero-order chi connectivity index (χ0) is 23.8. The highest BCUT2D eigenvalue weighted by Gasteiger charge is 2.40. The Balaban J connectivity index is 1.69. The van der Waals surface area contributed by atoms with Gasteiger partial charge in [-0.25, -0.2) is 8.42 Å². The summed E-state index contributed by atoms with van der Waals surface area (Å²) in [7, 11) is -4.05. The number of nitrogens with one attached hydrogen (secondary N) is 1. The molecule has 0 aliphatic carbocycles. The van der Waals surface area contributed by atoms with Gasteiger partial charge in [-0.1, -0.05) is 48.0 Å². The quantitative estimate of drug-likeness (QED) is 0.593. The molecular weight excluding hydrogens is 453 g/mol. The predicted octanol–water partition coefficient (Wildman–Crippen LogP) is 4.77. The predicted molar refractivity (Wildman–Crippen MR) is 118 cm³/mol. The van der Waals surface area contributed by atoms with E-state index in [0.717, 1.165) is 33.1 Å². The van der Waals surface area contributed by atoms with E-state index in [2.05, 4.69) is 5.32 Å². The van der Waals surface area contributed by atoms with Crippen molar-refractivity contribution in [3.05, 3.63) is 95.1 Å². The molecule has 0 fully saturated rings. The summed E-state index contributed by atoms with van der Waals surface area (Å²) in [6.07, 6.45) is -4.46. The number of benzene rings is 3. The summed E-state index contributed by atoms with van der Waals surface area (Å²) in [4.78, 5) is 13.2. The maximum Gasteiger partial charge on any atom is 0.416 e. The van der Waals surface area contributed by atoms with Crippen molar-refractivity contribution in [3.8, 4) is 0 Å². The molecule has 1 aliphatic rings. The van der Waals surface area contributed by atoms with Crippen LogP contribution in [0.2, 0.25) is 0 Å². The van der Waals surface area contributed by atoms with E-state index >= 15 is 0 Å². The Morgan fingerprint density at radius 2 is 1.64 bits per heavy atom. The molecule has 1 N–H and O–H groups in total. The van der Waals surface area contributed by atoms with E-state index in [1.54, 1.807) is 30.3 Å². The third-order valence-electron chi connectivity index (χ3n) is 5.59. The van der Waals surface area contributed by atoms with Crippen molar-refractivity contribution in [3.63, 3.8) is 0 Å². The second-order valence-electron chi connectivity index (χ2n) is 7.92. The molecule has 0 saturated heterocycles. The van der Waals surface area contributed by atoms with E-state index in [4.69, 9.17) is 0 Å². The van der Waals surface area contributed by atoms with Crippen molar-refractivity contribution >= 4 is 21.6 Å². The number of aryl methyl sites for hydroxylation is 1. The molecule has 0 spiro atoms. The first-order valence-electron chi connectivity index (χ1n) is 10.2. The van der Waals surface area contributed by atoms with Gasteiger partial charge in [-0.2, -0.15) is 17.5 Å². The average Bonchev–Trinajstić information content (AvgIpc) is 2.78. The van der Waals surface area contributed by atoms with E-state index in [9.17, 15) is 26.4 Å². The molecule has 1 aliphatic heterocycles. The fourth-order valence-electron chi connectivity index (χ4n) is 3.82. The van der Waals surface area contributed by atoms with Gasteiger partial charge in [0, 0.05) is 12.2 Å². The Hall–Kier alpha value is -3.17. The van der Waals surface area contributed by atoms with E-state index < -0.39 is 33.7 Å². The lowest BCUT2D eigenvalue weighted by atomic mass is 9.95. The molecule has 33 heavy (non-hydrogen) atoms. The van der Waals surface area contributed by atoms with E-state index in [1.807, 2.05) is 13.0 Å². The van der Waals surface area contributed by atoms with Crippen molar-refractivity contribution in [1.82, 2.24) is 4.31 Å². The molecule has 9 heteroatoms. The van der Waals surface area contributed by atoms with Crippen LogP contribution >= 0.6 is 0 Å². The summed E-state index contributed by atoms with van der Waals surface area (Å²) < 4.78 is 67.2. The molecule has 0 aromatic heterocycles. The van der Waals surface area contributed by atoms with Crippen LogP contribution in [0.4, 0.5) is 18.9 Å². The molecule has 1 atom stereocenters. The number of sulfonamides is 1. The number of carbonyl (C=O) groups excluding carboxylic acids is 1. The molecule has 3 aromatic rings. The van der Waals surface area contributed by atoms with Crippen LogP contribution in [0, 0.1) is 6.92 Å². The van der Waals surface area contributed by atoms with Crippen LogP contribution in [-0.4, -0.2) is 24.7 Å². The van der Waals surface area contributed by atoms with Crippen molar-refractivity contribution in [2.24, 2.45) is 0 Å². The van der Waals surface area contributed by atoms with Crippen LogP contribution in [-0.2, 0) is 34.0 Å². The highest BCUT2D eigenvalue weighted by Crippen LogP contribution is 2.32. The van der Waals surface area contributed by atoms with Crippen LogP contribution in [0.15, 0.2) is 77.7 Å². The van der Waals surface area contributed by atoms with Gasteiger partial charge in [0.2, 0.25) is 15.9 Å². The van der Waals surface area contributed by atoms with Crippen LogP contribution in [0.5, 0.6) is 0 Å². The zero-order valence-electron chi connectivity index (χ0n) is 17.6. The Labute approximate surface area is 189 Å². The Morgan fingerprint density at radius 1 is 0.970 bits per heavy atom. The number of hydrogen-bond acceptors (Lipinski definition) is 3. The summed E-state index contributed by atoms with van der Waals surface area (Å²) in [5, 5.41) is 2.47. The Morgan fingerprint density at radius 3 is 2.30 bits per heavy atom. The van der Waals surface area contributed by atoms with Gasteiger partial charge in [0.05, 0.1) is 10.5 Å². The van der Waals surface area contributed by atoms with E-state index in [1.165, 1.54) is 24.3 Å². The van der Waals surface area contributed by atoms with Gasteiger partial charge >= 0.3 is 6.18 Å². The maximum absolute atomic E-state index is 13.5. The number of amides is 1. The molecule has 172 valence electrons. The number of rotatable bonds is 4. The molecule has 4 rings (SSSR count). The van der Waals surface area contributed by atoms with Crippen molar-refractivity contribution in [2.45, 2.75) is 37.0 Å². The summed E-state index contributed by atoms with van der Waals surface area (Å²) >= 11 is 0. The maximum atomic E-state index is 13.5. The average molecular weight is 475 g/mol. The first-order valence-corrected chi connectivity index (χ1v) is 11.6. The number of carbonyl (C=O) groups is 1.